The Labute approximate surface area is 114 Å². The third kappa shape index (κ3) is 4.15. The first-order chi connectivity index (χ1) is 8.58. The third-order valence-corrected chi connectivity index (χ3v) is 5.50. The molecule has 112 valence electrons. The summed E-state index contributed by atoms with van der Waals surface area (Å²) in [5.41, 5.74) is -0.371. The molecule has 1 aliphatic rings. The third-order valence-electron chi connectivity index (χ3n) is 3.02. The van der Waals surface area contributed by atoms with Crippen molar-refractivity contribution in [3.8, 4) is 0 Å². The molecular formula is C12H23NO5S. The van der Waals surface area contributed by atoms with Gasteiger partial charge in [-0.1, -0.05) is 27.7 Å². The lowest BCUT2D eigenvalue weighted by atomic mass is 10.0. The summed E-state index contributed by atoms with van der Waals surface area (Å²) in [4.78, 5) is 11.1. The Morgan fingerprint density at radius 1 is 1.37 bits per heavy atom. The molecule has 6 nitrogen and oxygen atoms in total. The van der Waals surface area contributed by atoms with Crippen LogP contribution in [0.5, 0.6) is 0 Å². The predicted octanol–water partition coefficient (Wildman–Crippen LogP) is 0.784. The van der Waals surface area contributed by atoms with Gasteiger partial charge in [-0.05, 0) is 5.41 Å². The molecule has 7 heteroatoms. The maximum atomic E-state index is 12.4. The molecule has 0 radical (unpaired) electrons. The number of sulfonamides is 1. The first-order valence-electron chi connectivity index (χ1n) is 6.38. The van der Waals surface area contributed by atoms with E-state index in [9.17, 15) is 13.2 Å². The quantitative estimate of drug-likeness (QED) is 0.810. The standard InChI is InChI=1S/C12H23NO5S/c1-5-13(19(16,17)8-12(2,3)4)10-7-18-6-9(10)11(14)15/h9-10H,5-8H2,1-4H3,(H,14,15). The van der Waals surface area contributed by atoms with Crippen molar-refractivity contribution in [2.24, 2.45) is 11.3 Å². The van der Waals surface area contributed by atoms with Crippen molar-refractivity contribution >= 4 is 16.0 Å². The minimum atomic E-state index is -3.49. The summed E-state index contributed by atoms with van der Waals surface area (Å²) in [5.74, 6) is -1.79. The average molecular weight is 293 g/mol. The topological polar surface area (TPSA) is 83.9 Å². The molecule has 1 N–H and O–H groups in total. The van der Waals surface area contributed by atoms with Gasteiger partial charge in [-0.2, -0.15) is 4.31 Å². The Balaban J connectivity index is 2.97. The van der Waals surface area contributed by atoms with Gasteiger partial charge in [-0.25, -0.2) is 8.42 Å². The molecule has 0 aromatic carbocycles. The molecule has 0 aromatic heterocycles. The summed E-state index contributed by atoms with van der Waals surface area (Å²) in [5, 5.41) is 9.12. The normalized spacial score (nSPS) is 24.9. The molecule has 19 heavy (non-hydrogen) atoms. The fraction of sp³-hybridized carbons (Fsp3) is 0.917. The fourth-order valence-corrected chi connectivity index (χ4v) is 4.60. The van der Waals surface area contributed by atoms with Gasteiger partial charge in [0.25, 0.3) is 0 Å². The van der Waals surface area contributed by atoms with Crippen LogP contribution < -0.4 is 0 Å². The molecule has 1 aliphatic heterocycles. The molecule has 0 bridgehead atoms. The number of hydrogen-bond donors (Lipinski definition) is 1. The maximum absolute atomic E-state index is 12.4. The zero-order valence-corrected chi connectivity index (χ0v) is 12.7. The minimum Gasteiger partial charge on any atom is -0.481 e. The second-order valence-corrected chi connectivity index (χ2v) is 7.99. The molecule has 0 amide bonds. The molecule has 1 saturated heterocycles. The van der Waals surface area contributed by atoms with Gasteiger partial charge in [-0.15, -0.1) is 0 Å². The van der Waals surface area contributed by atoms with Crippen molar-refractivity contribution in [2.75, 3.05) is 25.5 Å². The van der Waals surface area contributed by atoms with Crippen LogP contribution in [-0.4, -0.2) is 55.4 Å². The number of carboxylic acid groups (broad SMARTS) is 1. The van der Waals surface area contributed by atoms with E-state index in [1.807, 2.05) is 20.8 Å². The van der Waals surface area contributed by atoms with Crippen LogP contribution >= 0.6 is 0 Å². The summed E-state index contributed by atoms with van der Waals surface area (Å²) < 4.78 is 31.3. The van der Waals surface area contributed by atoms with Gasteiger partial charge >= 0.3 is 5.97 Å². The van der Waals surface area contributed by atoms with Gasteiger partial charge in [0.15, 0.2) is 0 Å². The second kappa shape index (κ2) is 5.76. The summed E-state index contributed by atoms with van der Waals surface area (Å²) >= 11 is 0. The number of nitrogens with zero attached hydrogens (tertiary/aromatic N) is 1. The van der Waals surface area contributed by atoms with Gasteiger partial charge < -0.3 is 9.84 Å². The van der Waals surface area contributed by atoms with E-state index in [1.54, 1.807) is 6.92 Å². The van der Waals surface area contributed by atoms with Crippen LogP contribution in [0.15, 0.2) is 0 Å². The fourth-order valence-electron chi connectivity index (χ4n) is 2.33. The van der Waals surface area contributed by atoms with Crippen LogP contribution in [0.4, 0.5) is 0 Å². The summed E-state index contributed by atoms with van der Waals surface area (Å²) in [6, 6.07) is -0.602. The molecule has 0 aliphatic carbocycles. The van der Waals surface area contributed by atoms with Gasteiger partial charge in [-0.3, -0.25) is 4.79 Å². The van der Waals surface area contributed by atoms with E-state index in [4.69, 9.17) is 9.84 Å². The van der Waals surface area contributed by atoms with Crippen molar-refractivity contribution in [1.82, 2.24) is 4.31 Å². The van der Waals surface area contributed by atoms with Crippen molar-refractivity contribution in [2.45, 2.75) is 33.7 Å². The van der Waals surface area contributed by atoms with Crippen LogP contribution in [0.2, 0.25) is 0 Å². The number of ether oxygens (including phenoxy) is 1. The van der Waals surface area contributed by atoms with E-state index in [0.717, 1.165) is 0 Å². The highest BCUT2D eigenvalue weighted by atomic mass is 32.2. The Kier molecular flexibility index (Phi) is 4.97. The molecule has 0 saturated carbocycles. The molecule has 1 fully saturated rings. The van der Waals surface area contributed by atoms with Gasteiger partial charge in [0, 0.05) is 6.54 Å². The highest BCUT2D eigenvalue weighted by molar-refractivity contribution is 7.89. The van der Waals surface area contributed by atoms with Crippen molar-refractivity contribution in [3.63, 3.8) is 0 Å². The number of carboxylic acids is 1. The Hall–Kier alpha value is -0.660. The molecular weight excluding hydrogens is 270 g/mol. The number of likely N-dealkylation sites (N-methyl/N-ethyl adjacent to an activating group) is 1. The average Bonchev–Trinajstić information content (AvgIpc) is 2.62. The highest BCUT2D eigenvalue weighted by Gasteiger charge is 2.42. The lowest BCUT2D eigenvalue weighted by Crippen LogP contribution is -2.48. The van der Waals surface area contributed by atoms with Gasteiger partial charge in [0.05, 0.1) is 30.9 Å². The first kappa shape index (κ1) is 16.4. The van der Waals surface area contributed by atoms with E-state index in [-0.39, 0.29) is 30.9 Å². The molecule has 0 aromatic rings. The number of aliphatic carboxylic acids is 1. The maximum Gasteiger partial charge on any atom is 0.310 e. The molecule has 2 unspecified atom stereocenters. The molecule has 1 heterocycles. The molecule has 0 spiro atoms. The van der Waals surface area contributed by atoms with Crippen LogP contribution in [0.3, 0.4) is 0 Å². The predicted molar refractivity (Wildman–Crippen MR) is 71.4 cm³/mol. The smallest absolute Gasteiger partial charge is 0.310 e. The number of rotatable bonds is 5. The molecule has 2 atom stereocenters. The minimum absolute atomic E-state index is 0.00329. The largest absolute Gasteiger partial charge is 0.481 e. The SMILES string of the molecule is CCN(C1COCC1C(=O)O)S(=O)(=O)CC(C)(C)C. The zero-order chi connectivity index (χ0) is 14.8. The first-order valence-corrected chi connectivity index (χ1v) is 7.99. The summed E-state index contributed by atoms with van der Waals surface area (Å²) in [6.45, 7) is 7.73. The Bertz CT molecular complexity index is 426. The zero-order valence-electron chi connectivity index (χ0n) is 11.9. The Morgan fingerprint density at radius 3 is 2.37 bits per heavy atom. The van der Waals surface area contributed by atoms with E-state index in [1.165, 1.54) is 4.31 Å². The van der Waals surface area contributed by atoms with Crippen LogP contribution in [0.25, 0.3) is 0 Å². The lowest BCUT2D eigenvalue weighted by Gasteiger charge is -2.31. The van der Waals surface area contributed by atoms with E-state index < -0.39 is 28.0 Å². The van der Waals surface area contributed by atoms with Crippen molar-refractivity contribution in [3.05, 3.63) is 0 Å². The van der Waals surface area contributed by atoms with Crippen molar-refractivity contribution < 1.29 is 23.1 Å². The van der Waals surface area contributed by atoms with E-state index >= 15 is 0 Å². The monoisotopic (exact) mass is 293 g/mol. The van der Waals surface area contributed by atoms with Crippen molar-refractivity contribution in [1.29, 1.82) is 0 Å². The van der Waals surface area contributed by atoms with Crippen LogP contribution in [0.1, 0.15) is 27.7 Å². The second-order valence-electron chi connectivity index (χ2n) is 6.07. The Morgan fingerprint density at radius 2 is 1.95 bits per heavy atom. The van der Waals surface area contributed by atoms with Crippen LogP contribution in [0, 0.1) is 11.3 Å². The number of carbonyl (C=O) groups is 1. The van der Waals surface area contributed by atoms with Gasteiger partial charge in [0.2, 0.25) is 10.0 Å². The lowest BCUT2D eigenvalue weighted by molar-refractivity contribution is -0.142. The molecule has 1 rings (SSSR count). The van der Waals surface area contributed by atoms with Crippen LogP contribution in [-0.2, 0) is 19.6 Å². The summed E-state index contributed by atoms with van der Waals surface area (Å²) in [6.07, 6.45) is 0. The highest BCUT2D eigenvalue weighted by Crippen LogP contribution is 2.26. The van der Waals surface area contributed by atoms with E-state index in [0.29, 0.717) is 0 Å². The van der Waals surface area contributed by atoms with E-state index in [2.05, 4.69) is 0 Å². The number of hydrogen-bond acceptors (Lipinski definition) is 4. The van der Waals surface area contributed by atoms with Gasteiger partial charge in [0.1, 0.15) is 0 Å². The summed E-state index contributed by atoms with van der Waals surface area (Å²) in [7, 11) is -3.49.